The van der Waals surface area contributed by atoms with Crippen molar-refractivity contribution in [2.45, 2.75) is 45.6 Å². The lowest BCUT2D eigenvalue weighted by molar-refractivity contribution is -0.138. The predicted octanol–water partition coefficient (Wildman–Crippen LogP) is 10.8. The van der Waals surface area contributed by atoms with Crippen LogP contribution in [0.1, 0.15) is 31.4 Å². The van der Waals surface area contributed by atoms with Crippen LogP contribution in [-0.2, 0) is 28.9 Å². The number of fused-ring (bicyclic) bond motifs is 2. The van der Waals surface area contributed by atoms with E-state index in [1.807, 2.05) is 44.2 Å². The van der Waals surface area contributed by atoms with Crippen molar-refractivity contribution in [3.05, 3.63) is 139 Å². The van der Waals surface area contributed by atoms with Crippen LogP contribution in [0.15, 0.2) is 131 Å². The van der Waals surface area contributed by atoms with Gasteiger partial charge in [0.15, 0.2) is 0 Å². The molecule has 332 valence electrons. The van der Waals surface area contributed by atoms with Gasteiger partial charge in [0.2, 0.25) is 11.6 Å². The molecule has 9 rings (SSSR count). The number of halogens is 4. The summed E-state index contributed by atoms with van der Waals surface area (Å²) in [5, 5.41) is 37.1. The number of alkyl halides is 3. The summed E-state index contributed by atoms with van der Waals surface area (Å²) in [7, 11) is 0. The van der Waals surface area contributed by atoms with Gasteiger partial charge in [-0.15, -0.1) is 0 Å². The van der Waals surface area contributed by atoms with Gasteiger partial charge in [-0.25, -0.2) is 4.39 Å². The summed E-state index contributed by atoms with van der Waals surface area (Å²) in [6, 6.07) is 30.4. The SMILES string of the molecule is CC(C)Oc1ccc(-c2nc(-c3cccc4c3ccn4CC(=O)O)no2)cc1C#N.O=C(O)CCn1ccc2c(-c3noc(-c4ccc(-c5ccccc5F)c(C(F)(F)F)c4)n3)cccc21. The molecule has 9 aromatic rings. The van der Waals surface area contributed by atoms with E-state index in [0.29, 0.717) is 28.3 Å². The Labute approximate surface area is 371 Å². The minimum Gasteiger partial charge on any atom is -0.490 e. The van der Waals surface area contributed by atoms with Crippen molar-refractivity contribution in [3.8, 4) is 68.6 Å². The number of carboxylic acids is 2. The van der Waals surface area contributed by atoms with Crippen LogP contribution in [0.2, 0.25) is 0 Å². The highest BCUT2D eigenvalue weighted by molar-refractivity contribution is 5.95. The fraction of sp³-hybridized carbons (Fsp3) is 0.146. The van der Waals surface area contributed by atoms with Crippen molar-refractivity contribution >= 4 is 33.7 Å². The number of carbonyl (C=O) groups is 2. The maximum absolute atomic E-state index is 14.2. The molecule has 0 aliphatic heterocycles. The zero-order valence-corrected chi connectivity index (χ0v) is 34.8. The van der Waals surface area contributed by atoms with Crippen molar-refractivity contribution in [2.24, 2.45) is 0 Å². The summed E-state index contributed by atoms with van der Waals surface area (Å²) in [5.74, 6) is -1.41. The van der Waals surface area contributed by atoms with Gasteiger partial charge in [-0.2, -0.15) is 28.4 Å². The molecule has 5 aromatic carbocycles. The first-order valence-electron chi connectivity index (χ1n) is 20.1. The summed E-state index contributed by atoms with van der Waals surface area (Å²) in [6.07, 6.45) is -1.39. The van der Waals surface area contributed by atoms with Crippen molar-refractivity contribution in [2.75, 3.05) is 0 Å². The zero-order chi connectivity index (χ0) is 46.7. The molecule has 0 spiro atoms. The van der Waals surface area contributed by atoms with E-state index >= 15 is 0 Å². The zero-order valence-electron chi connectivity index (χ0n) is 34.8. The molecule has 0 fully saturated rings. The third-order valence-corrected chi connectivity index (χ3v) is 10.3. The first kappa shape index (κ1) is 44.0. The quantitative estimate of drug-likeness (QED) is 0.110. The van der Waals surface area contributed by atoms with Crippen molar-refractivity contribution in [3.63, 3.8) is 0 Å². The Balaban J connectivity index is 0.000000182. The lowest BCUT2D eigenvalue weighted by atomic mass is 9.96. The molecule has 0 bridgehead atoms. The highest BCUT2D eigenvalue weighted by Gasteiger charge is 2.35. The fourth-order valence-corrected chi connectivity index (χ4v) is 7.37. The highest BCUT2D eigenvalue weighted by Crippen LogP contribution is 2.41. The molecule has 0 amide bonds. The minimum atomic E-state index is -4.75. The largest absolute Gasteiger partial charge is 0.490 e. The first-order valence-corrected chi connectivity index (χ1v) is 20.1. The van der Waals surface area contributed by atoms with E-state index in [1.165, 1.54) is 30.3 Å². The molecule has 66 heavy (non-hydrogen) atoms. The van der Waals surface area contributed by atoms with E-state index in [4.69, 9.17) is 24.0 Å². The van der Waals surface area contributed by atoms with Crippen LogP contribution in [0.25, 0.3) is 78.6 Å². The van der Waals surface area contributed by atoms with Gasteiger partial charge >= 0.3 is 18.1 Å². The summed E-state index contributed by atoms with van der Waals surface area (Å²) < 4.78 is 75.7. The average molecular weight is 898 g/mol. The van der Waals surface area contributed by atoms with Gasteiger partial charge in [0.05, 0.1) is 23.7 Å². The molecule has 18 heteroatoms. The average Bonchev–Trinajstić information content (AvgIpc) is 4.13. The Hall–Kier alpha value is -8.59. The Morgan fingerprint density at radius 2 is 1.30 bits per heavy atom. The van der Waals surface area contributed by atoms with Crippen LogP contribution >= 0.6 is 0 Å². The molecule has 0 aliphatic carbocycles. The molecule has 0 unspecified atom stereocenters. The lowest BCUT2D eigenvalue weighted by Gasteiger charge is -2.14. The van der Waals surface area contributed by atoms with Crippen LogP contribution in [-0.4, -0.2) is 57.7 Å². The summed E-state index contributed by atoms with van der Waals surface area (Å²) in [6.45, 7) is 3.92. The van der Waals surface area contributed by atoms with Crippen LogP contribution < -0.4 is 4.74 Å². The number of benzene rings is 5. The van der Waals surface area contributed by atoms with E-state index in [0.717, 1.165) is 39.5 Å². The third-order valence-electron chi connectivity index (χ3n) is 10.3. The van der Waals surface area contributed by atoms with Crippen LogP contribution in [0.4, 0.5) is 17.6 Å². The van der Waals surface area contributed by atoms with E-state index in [9.17, 15) is 32.4 Å². The molecule has 0 radical (unpaired) electrons. The fourth-order valence-electron chi connectivity index (χ4n) is 7.37. The molecule has 0 saturated heterocycles. The summed E-state index contributed by atoms with van der Waals surface area (Å²) in [5.41, 5.74) is 2.37. The lowest BCUT2D eigenvalue weighted by Crippen LogP contribution is -2.08. The van der Waals surface area contributed by atoms with Crippen LogP contribution in [0.3, 0.4) is 0 Å². The number of carboxylic acid groups (broad SMARTS) is 2. The Morgan fingerprint density at radius 3 is 1.88 bits per heavy atom. The number of rotatable bonds is 12. The van der Waals surface area contributed by atoms with Crippen LogP contribution in [0.5, 0.6) is 5.75 Å². The van der Waals surface area contributed by atoms with E-state index in [2.05, 4.69) is 26.4 Å². The van der Waals surface area contributed by atoms with Gasteiger partial charge in [-0.1, -0.05) is 58.8 Å². The molecule has 4 heterocycles. The molecule has 0 aliphatic rings. The van der Waals surface area contributed by atoms with E-state index < -0.39 is 29.5 Å². The standard InChI is InChI=1S/C26H17F4N3O3.C22H18N4O4/c27-21-6-2-1-4-17(21)16-9-8-15(14-20(16)26(28,29)30)25-31-24(32-36-25)19-5-3-7-22-18(19)10-12-33(22)13-11-23(34)35;1-13(2)29-19-7-6-14(10-15(19)11-23)22-24-21(25-30-22)17-4-3-5-18-16(17)8-9-26(18)12-20(27)28/h1-10,12,14H,11,13H2,(H,34,35);3-10,13H,12H2,1-2H3,(H,27,28). The second-order valence-corrected chi connectivity index (χ2v) is 15.0. The van der Waals surface area contributed by atoms with Crippen LogP contribution in [0, 0.1) is 17.1 Å². The molecule has 0 atom stereocenters. The molecule has 0 saturated carbocycles. The summed E-state index contributed by atoms with van der Waals surface area (Å²) >= 11 is 0. The van der Waals surface area contributed by atoms with E-state index in [1.54, 1.807) is 57.9 Å². The molecule has 14 nitrogen and oxygen atoms in total. The Morgan fingerprint density at radius 1 is 0.727 bits per heavy atom. The van der Waals surface area contributed by atoms with Gasteiger partial charge in [0, 0.05) is 68.6 Å². The Kier molecular flexibility index (Phi) is 12.2. The third kappa shape index (κ3) is 9.22. The molecular weight excluding hydrogens is 863 g/mol. The van der Waals surface area contributed by atoms with Gasteiger partial charge < -0.3 is 33.1 Å². The number of hydrogen-bond donors (Lipinski definition) is 2. The van der Waals surface area contributed by atoms with Crippen molar-refractivity contribution in [1.82, 2.24) is 29.4 Å². The summed E-state index contributed by atoms with van der Waals surface area (Å²) in [4.78, 5) is 30.8. The second-order valence-electron chi connectivity index (χ2n) is 15.0. The van der Waals surface area contributed by atoms with E-state index in [-0.39, 0.29) is 59.9 Å². The van der Waals surface area contributed by atoms with Crippen molar-refractivity contribution < 1.29 is 51.1 Å². The molecular formula is C48H35F4N7O7. The minimum absolute atomic E-state index is 0.0346. The number of aryl methyl sites for hydroxylation is 1. The number of aliphatic carboxylic acids is 2. The maximum Gasteiger partial charge on any atom is 0.417 e. The monoisotopic (exact) mass is 897 g/mol. The normalized spacial score (nSPS) is 11.4. The smallest absolute Gasteiger partial charge is 0.417 e. The number of hydrogen-bond acceptors (Lipinski definition) is 10. The molecule has 2 N–H and O–H groups in total. The number of nitriles is 1. The predicted molar refractivity (Wildman–Crippen MR) is 232 cm³/mol. The highest BCUT2D eigenvalue weighted by atomic mass is 19.4. The van der Waals surface area contributed by atoms with Gasteiger partial charge in [0.1, 0.15) is 24.2 Å². The van der Waals surface area contributed by atoms with Gasteiger partial charge in [0.25, 0.3) is 11.8 Å². The van der Waals surface area contributed by atoms with Gasteiger partial charge in [-0.3, -0.25) is 9.59 Å². The van der Waals surface area contributed by atoms with Gasteiger partial charge in [-0.05, 0) is 80.1 Å². The molecule has 4 aromatic heterocycles. The maximum atomic E-state index is 14.2. The second kappa shape index (κ2) is 18.3. The number of aromatic nitrogens is 6. The number of nitrogens with zero attached hydrogens (tertiary/aromatic N) is 7. The topological polar surface area (TPSA) is 195 Å². The number of ether oxygens (including phenoxy) is 1. The Bertz CT molecular complexity index is 3310. The first-order chi connectivity index (χ1) is 31.7. The van der Waals surface area contributed by atoms with Crippen molar-refractivity contribution in [1.29, 1.82) is 5.26 Å².